The van der Waals surface area contributed by atoms with E-state index in [0.717, 1.165) is 63.2 Å². The summed E-state index contributed by atoms with van der Waals surface area (Å²) in [5, 5.41) is 0. The molecule has 3 heterocycles. The largest absolute Gasteiger partial charge is 0.376 e. The highest BCUT2D eigenvalue weighted by Gasteiger charge is 2.28. The van der Waals surface area contributed by atoms with Crippen LogP contribution in [0, 0.1) is 18.7 Å². The molecule has 0 unspecified atom stereocenters. The van der Waals surface area contributed by atoms with Crippen LogP contribution in [0.15, 0.2) is 42.5 Å². The smallest absolute Gasteiger partial charge is 0.272 e. The van der Waals surface area contributed by atoms with Crippen LogP contribution in [-0.4, -0.2) is 59.6 Å². The third kappa shape index (κ3) is 5.89. The van der Waals surface area contributed by atoms with Gasteiger partial charge in [-0.25, -0.2) is 9.37 Å². The monoisotopic (exact) mass is 425 g/mol. The van der Waals surface area contributed by atoms with Crippen LogP contribution in [0.5, 0.6) is 0 Å². The predicted octanol–water partition coefficient (Wildman–Crippen LogP) is 4.06. The number of halogens is 1. The van der Waals surface area contributed by atoms with Crippen LogP contribution in [0.4, 0.5) is 4.39 Å². The second kappa shape index (κ2) is 10.3. The van der Waals surface area contributed by atoms with Crippen molar-refractivity contribution >= 4 is 5.91 Å². The van der Waals surface area contributed by atoms with Gasteiger partial charge in [0.25, 0.3) is 5.91 Å². The fraction of sp³-hybridized carbons (Fsp3) is 0.520. The fourth-order valence-corrected chi connectivity index (χ4v) is 4.60. The second-order valence-corrected chi connectivity index (χ2v) is 8.82. The molecular formula is C25H32FN3O2. The zero-order valence-electron chi connectivity index (χ0n) is 18.3. The van der Waals surface area contributed by atoms with E-state index in [9.17, 15) is 9.18 Å². The number of carbonyl (C=O) groups excluding carboxylic acids is 1. The molecule has 31 heavy (non-hydrogen) atoms. The van der Waals surface area contributed by atoms with Crippen LogP contribution in [0.2, 0.25) is 0 Å². The van der Waals surface area contributed by atoms with E-state index in [0.29, 0.717) is 24.7 Å². The van der Waals surface area contributed by atoms with Crippen molar-refractivity contribution in [3.05, 3.63) is 65.2 Å². The molecule has 2 aromatic rings. The topological polar surface area (TPSA) is 45.7 Å². The number of amides is 1. The molecule has 0 saturated carbocycles. The van der Waals surface area contributed by atoms with E-state index in [1.54, 1.807) is 12.1 Å². The van der Waals surface area contributed by atoms with Crippen LogP contribution in [0.1, 0.15) is 47.4 Å². The Morgan fingerprint density at radius 3 is 2.65 bits per heavy atom. The number of piperidine rings is 1. The molecule has 1 aromatic carbocycles. The minimum absolute atomic E-state index is 0.00649. The molecule has 166 valence electrons. The lowest BCUT2D eigenvalue weighted by Crippen LogP contribution is -2.43. The summed E-state index contributed by atoms with van der Waals surface area (Å²) in [4.78, 5) is 22.0. The van der Waals surface area contributed by atoms with Gasteiger partial charge in [-0.2, -0.15) is 0 Å². The van der Waals surface area contributed by atoms with Gasteiger partial charge in [0.1, 0.15) is 11.5 Å². The first-order valence-corrected chi connectivity index (χ1v) is 11.4. The lowest BCUT2D eigenvalue weighted by Gasteiger charge is -2.35. The number of hydrogen-bond donors (Lipinski definition) is 0. The van der Waals surface area contributed by atoms with Gasteiger partial charge < -0.3 is 9.64 Å². The summed E-state index contributed by atoms with van der Waals surface area (Å²) in [6.45, 7) is 6.53. The van der Waals surface area contributed by atoms with Crippen molar-refractivity contribution in [3.8, 4) is 0 Å². The second-order valence-electron chi connectivity index (χ2n) is 8.82. The van der Waals surface area contributed by atoms with Gasteiger partial charge in [-0.1, -0.05) is 24.3 Å². The van der Waals surface area contributed by atoms with Gasteiger partial charge >= 0.3 is 0 Å². The molecule has 0 spiro atoms. The summed E-state index contributed by atoms with van der Waals surface area (Å²) in [5.41, 5.74) is 2.11. The van der Waals surface area contributed by atoms with Crippen molar-refractivity contribution < 1.29 is 13.9 Å². The highest BCUT2D eigenvalue weighted by molar-refractivity contribution is 5.92. The molecule has 1 aromatic heterocycles. The number of benzene rings is 1. The summed E-state index contributed by atoms with van der Waals surface area (Å²) in [6, 6.07) is 12.6. The molecule has 2 fully saturated rings. The van der Waals surface area contributed by atoms with Crippen LogP contribution in [-0.2, 0) is 11.3 Å². The third-order valence-electron chi connectivity index (χ3n) is 6.38. The van der Waals surface area contributed by atoms with Gasteiger partial charge in [-0.15, -0.1) is 0 Å². The molecule has 2 saturated heterocycles. The lowest BCUT2D eigenvalue weighted by molar-refractivity contribution is 0.0440. The molecule has 2 aliphatic heterocycles. The molecule has 5 nitrogen and oxygen atoms in total. The summed E-state index contributed by atoms with van der Waals surface area (Å²) >= 11 is 0. The van der Waals surface area contributed by atoms with Gasteiger partial charge in [-0.3, -0.25) is 9.69 Å². The Hall–Kier alpha value is -2.31. The van der Waals surface area contributed by atoms with Crippen molar-refractivity contribution in [2.45, 2.75) is 45.3 Å². The number of ether oxygens (including phenoxy) is 1. The molecule has 4 rings (SSSR count). The number of aryl methyl sites for hydroxylation is 1. The first-order valence-electron chi connectivity index (χ1n) is 11.4. The van der Waals surface area contributed by atoms with Crippen molar-refractivity contribution in [1.29, 1.82) is 0 Å². The summed E-state index contributed by atoms with van der Waals surface area (Å²) in [5.74, 6) is 0.295. The van der Waals surface area contributed by atoms with Crippen LogP contribution in [0.3, 0.4) is 0 Å². The molecule has 1 amide bonds. The molecular weight excluding hydrogens is 393 g/mol. The maximum atomic E-state index is 14.0. The number of rotatable bonds is 7. The van der Waals surface area contributed by atoms with Crippen molar-refractivity contribution in [2.75, 3.05) is 32.8 Å². The van der Waals surface area contributed by atoms with Gasteiger partial charge in [0.15, 0.2) is 0 Å². The average molecular weight is 426 g/mol. The molecule has 0 N–H and O–H groups in total. The maximum Gasteiger partial charge on any atom is 0.272 e. The van der Waals surface area contributed by atoms with Gasteiger partial charge in [-0.05, 0) is 69.8 Å². The summed E-state index contributed by atoms with van der Waals surface area (Å²) in [6.07, 6.45) is 4.20. The van der Waals surface area contributed by atoms with E-state index in [2.05, 4.69) is 9.88 Å². The molecule has 1 atom stereocenters. The van der Waals surface area contributed by atoms with E-state index < -0.39 is 0 Å². The first kappa shape index (κ1) is 21.9. The highest BCUT2D eigenvalue weighted by Crippen LogP contribution is 2.23. The summed E-state index contributed by atoms with van der Waals surface area (Å²) in [7, 11) is 0. The maximum absolute atomic E-state index is 14.0. The standard InChI is InChI=1S/C25H32FN3O2/c1-19-6-4-10-24(27-19)25(30)29(18-22-8-5-15-31-22)16-20-11-13-28(14-12-20)17-21-7-2-3-9-23(21)26/h2-4,6-7,9-10,20,22H,5,8,11-18H2,1H3/t22-/m0/s1. The van der Waals surface area contributed by atoms with Gasteiger partial charge in [0.05, 0.1) is 6.10 Å². The Kier molecular flexibility index (Phi) is 7.30. The Labute approximate surface area is 184 Å². The number of hydrogen-bond acceptors (Lipinski definition) is 4. The molecule has 0 radical (unpaired) electrons. The van der Waals surface area contributed by atoms with Crippen LogP contribution in [0.25, 0.3) is 0 Å². The number of pyridine rings is 1. The van der Waals surface area contributed by atoms with Crippen molar-refractivity contribution in [1.82, 2.24) is 14.8 Å². The Balaban J connectivity index is 1.36. The van der Waals surface area contributed by atoms with Crippen molar-refractivity contribution in [2.24, 2.45) is 5.92 Å². The van der Waals surface area contributed by atoms with Crippen LogP contribution < -0.4 is 0 Å². The van der Waals surface area contributed by atoms with Crippen molar-refractivity contribution in [3.63, 3.8) is 0 Å². The van der Waals surface area contributed by atoms with E-state index in [4.69, 9.17) is 4.74 Å². The number of likely N-dealkylation sites (tertiary alicyclic amines) is 1. The number of carbonyl (C=O) groups is 1. The zero-order chi connectivity index (χ0) is 21.6. The molecule has 0 aliphatic carbocycles. The fourth-order valence-electron chi connectivity index (χ4n) is 4.60. The lowest BCUT2D eigenvalue weighted by atomic mass is 9.95. The highest BCUT2D eigenvalue weighted by atomic mass is 19.1. The quantitative estimate of drug-likeness (QED) is 0.671. The summed E-state index contributed by atoms with van der Waals surface area (Å²) < 4.78 is 19.8. The zero-order valence-corrected chi connectivity index (χ0v) is 18.3. The first-order chi connectivity index (χ1) is 15.1. The minimum atomic E-state index is -0.136. The number of aromatic nitrogens is 1. The van der Waals surface area contributed by atoms with Crippen LogP contribution >= 0.6 is 0 Å². The minimum Gasteiger partial charge on any atom is -0.376 e. The van der Waals surface area contributed by atoms with E-state index in [1.807, 2.05) is 36.1 Å². The Morgan fingerprint density at radius 2 is 1.94 bits per heavy atom. The third-order valence-corrected chi connectivity index (χ3v) is 6.38. The molecule has 6 heteroatoms. The van der Waals surface area contributed by atoms with E-state index in [1.165, 1.54) is 6.07 Å². The Bertz CT molecular complexity index is 877. The van der Waals surface area contributed by atoms with Gasteiger partial charge in [0, 0.05) is 37.5 Å². The van der Waals surface area contributed by atoms with Gasteiger partial charge in [0.2, 0.25) is 0 Å². The van der Waals surface area contributed by atoms with E-state index in [-0.39, 0.29) is 17.8 Å². The predicted molar refractivity (Wildman–Crippen MR) is 118 cm³/mol. The van der Waals surface area contributed by atoms with E-state index >= 15 is 0 Å². The molecule has 0 bridgehead atoms. The Morgan fingerprint density at radius 1 is 1.13 bits per heavy atom. The molecule has 2 aliphatic rings. The normalized spacial score (nSPS) is 20.1. The SMILES string of the molecule is Cc1cccc(C(=O)N(CC2CCN(Cc3ccccc3F)CC2)C[C@@H]2CCCO2)n1. The average Bonchev–Trinajstić information content (AvgIpc) is 3.29. The number of nitrogens with zero attached hydrogens (tertiary/aromatic N) is 3.